The van der Waals surface area contributed by atoms with Crippen LogP contribution in [0.4, 0.5) is 0 Å². The van der Waals surface area contributed by atoms with E-state index >= 15 is 0 Å². The highest BCUT2D eigenvalue weighted by atomic mass is 32.2. The molecule has 1 aliphatic heterocycles. The molecule has 1 aliphatic rings. The summed E-state index contributed by atoms with van der Waals surface area (Å²) in [4.78, 5) is 8.05. The number of nitrogens with zero attached hydrogens (tertiary/aromatic N) is 1. The minimum Gasteiger partial charge on any atom is -0.344 e. The van der Waals surface area contributed by atoms with Crippen LogP contribution in [0.2, 0.25) is 0 Å². The molecule has 0 bridgehead atoms. The van der Waals surface area contributed by atoms with E-state index in [4.69, 9.17) is 0 Å². The van der Waals surface area contributed by atoms with Crippen molar-refractivity contribution in [2.45, 2.75) is 50.0 Å². The third-order valence-electron chi connectivity index (χ3n) is 3.37. The molecule has 5 heteroatoms. The molecule has 0 aliphatic carbocycles. The van der Waals surface area contributed by atoms with Crippen LogP contribution in [0, 0.1) is 5.92 Å². The lowest BCUT2D eigenvalue weighted by Gasteiger charge is -2.30. The lowest BCUT2D eigenvalue weighted by Crippen LogP contribution is -2.22. The maximum atomic E-state index is 4.57. The first kappa shape index (κ1) is 15.3. The van der Waals surface area contributed by atoms with Gasteiger partial charge in [0, 0.05) is 34.7 Å². The highest BCUT2D eigenvalue weighted by Crippen LogP contribution is 2.43. The van der Waals surface area contributed by atoms with Gasteiger partial charge in [0.2, 0.25) is 0 Å². The maximum Gasteiger partial charge on any atom is 0.120 e. The maximum absolute atomic E-state index is 4.57. The van der Waals surface area contributed by atoms with Crippen molar-refractivity contribution >= 4 is 23.5 Å². The molecule has 108 valence electrons. The van der Waals surface area contributed by atoms with Crippen LogP contribution in [0.15, 0.2) is 6.20 Å². The van der Waals surface area contributed by atoms with Crippen molar-refractivity contribution in [2.24, 2.45) is 5.92 Å². The van der Waals surface area contributed by atoms with Gasteiger partial charge in [-0.2, -0.15) is 11.8 Å². The van der Waals surface area contributed by atoms with E-state index in [1.165, 1.54) is 11.4 Å². The zero-order valence-corrected chi connectivity index (χ0v) is 13.9. The standard InChI is InChI=1S/C14H25N3S2/c1-9(2)5-15-6-12-7-16-14(17-12)13-8-18-10(3)11(4)19-13/h7,9-11,13,15H,5-6,8H2,1-4H3,(H,16,17). The fourth-order valence-corrected chi connectivity index (χ4v) is 4.93. The number of hydrogen-bond acceptors (Lipinski definition) is 4. The molecule has 1 saturated heterocycles. The smallest absolute Gasteiger partial charge is 0.120 e. The van der Waals surface area contributed by atoms with E-state index in [1.807, 2.05) is 6.20 Å². The van der Waals surface area contributed by atoms with Gasteiger partial charge in [0.1, 0.15) is 5.82 Å². The summed E-state index contributed by atoms with van der Waals surface area (Å²) >= 11 is 4.12. The summed E-state index contributed by atoms with van der Waals surface area (Å²) in [5.74, 6) is 3.01. The Balaban J connectivity index is 1.86. The molecule has 1 aromatic heterocycles. The first-order valence-electron chi connectivity index (χ1n) is 7.07. The van der Waals surface area contributed by atoms with Crippen molar-refractivity contribution in [1.29, 1.82) is 0 Å². The van der Waals surface area contributed by atoms with Gasteiger partial charge in [-0.05, 0) is 12.5 Å². The highest BCUT2D eigenvalue weighted by molar-refractivity contribution is 8.07. The molecule has 0 amide bonds. The summed E-state index contributed by atoms with van der Waals surface area (Å²) in [6.45, 7) is 11.0. The third-order valence-corrected chi connectivity index (χ3v) is 6.77. The molecule has 2 N–H and O–H groups in total. The second kappa shape index (κ2) is 7.04. The van der Waals surface area contributed by atoms with Gasteiger partial charge in [-0.15, -0.1) is 11.8 Å². The molecule has 1 fully saturated rings. The predicted molar refractivity (Wildman–Crippen MR) is 86.8 cm³/mol. The van der Waals surface area contributed by atoms with E-state index in [0.29, 0.717) is 16.4 Å². The van der Waals surface area contributed by atoms with Crippen molar-refractivity contribution in [3.05, 3.63) is 17.7 Å². The van der Waals surface area contributed by atoms with Gasteiger partial charge >= 0.3 is 0 Å². The zero-order valence-electron chi connectivity index (χ0n) is 12.3. The van der Waals surface area contributed by atoms with Gasteiger partial charge in [-0.1, -0.05) is 27.7 Å². The minimum atomic E-state index is 0.523. The van der Waals surface area contributed by atoms with E-state index in [-0.39, 0.29) is 0 Å². The molecule has 2 heterocycles. The molecule has 1 aromatic rings. The van der Waals surface area contributed by atoms with Gasteiger partial charge in [0.05, 0.1) is 5.25 Å². The molecule has 0 saturated carbocycles. The van der Waals surface area contributed by atoms with Gasteiger partial charge in [0.25, 0.3) is 0 Å². The fraction of sp³-hybridized carbons (Fsp3) is 0.786. The number of nitrogens with one attached hydrogen (secondary N) is 2. The Kier molecular flexibility index (Phi) is 5.66. The molecule has 3 nitrogen and oxygen atoms in total. The minimum absolute atomic E-state index is 0.523. The Morgan fingerprint density at radius 1 is 1.42 bits per heavy atom. The summed E-state index contributed by atoms with van der Waals surface area (Å²) in [5.41, 5.74) is 1.20. The first-order valence-corrected chi connectivity index (χ1v) is 9.07. The Morgan fingerprint density at radius 3 is 2.89 bits per heavy atom. The van der Waals surface area contributed by atoms with Crippen LogP contribution in [0.1, 0.15) is 44.5 Å². The summed E-state index contributed by atoms with van der Waals surface area (Å²) in [7, 11) is 0. The van der Waals surface area contributed by atoms with Crippen molar-refractivity contribution in [3.63, 3.8) is 0 Å². The van der Waals surface area contributed by atoms with Crippen LogP contribution < -0.4 is 5.32 Å². The van der Waals surface area contributed by atoms with E-state index in [2.05, 4.69) is 66.5 Å². The quantitative estimate of drug-likeness (QED) is 0.873. The molecular weight excluding hydrogens is 274 g/mol. The summed E-state index contributed by atoms with van der Waals surface area (Å²) in [5, 5.41) is 5.43. The third kappa shape index (κ3) is 4.43. The number of hydrogen-bond donors (Lipinski definition) is 2. The van der Waals surface area contributed by atoms with Crippen molar-refractivity contribution in [1.82, 2.24) is 15.3 Å². The molecule has 3 atom stereocenters. The lowest BCUT2D eigenvalue weighted by atomic mass is 10.2. The monoisotopic (exact) mass is 299 g/mol. The van der Waals surface area contributed by atoms with Crippen LogP contribution in [-0.2, 0) is 6.54 Å². The molecule has 0 radical (unpaired) electrons. The molecule has 3 unspecified atom stereocenters. The second-order valence-electron chi connectivity index (χ2n) is 5.69. The number of thioether (sulfide) groups is 2. The Hall–Kier alpha value is -0.130. The molecule has 0 aromatic carbocycles. The molecule has 2 rings (SSSR count). The van der Waals surface area contributed by atoms with Gasteiger partial charge in [0.15, 0.2) is 0 Å². The molecule has 0 spiro atoms. The zero-order chi connectivity index (χ0) is 13.8. The Bertz CT molecular complexity index is 392. The summed E-state index contributed by atoms with van der Waals surface area (Å²) in [6, 6.07) is 0. The fourth-order valence-electron chi connectivity index (χ4n) is 2.05. The summed E-state index contributed by atoms with van der Waals surface area (Å²) < 4.78 is 0. The van der Waals surface area contributed by atoms with Crippen LogP contribution in [0.3, 0.4) is 0 Å². The number of aromatic nitrogens is 2. The van der Waals surface area contributed by atoms with Crippen LogP contribution in [-0.4, -0.2) is 32.8 Å². The largest absolute Gasteiger partial charge is 0.344 e. The highest BCUT2D eigenvalue weighted by Gasteiger charge is 2.28. The predicted octanol–water partition coefficient (Wildman–Crippen LogP) is 3.45. The van der Waals surface area contributed by atoms with Gasteiger partial charge < -0.3 is 10.3 Å². The van der Waals surface area contributed by atoms with Crippen LogP contribution in [0.25, 0.3) is 0 Å². The average Bonchev–Trinajstić information content (AvgIpc) is 2.81. The normalized spacial score (nSPS) is 27.9. The SMILES string of the molecule is CC(C)CNCc1cnc(C2CSC(C)C(C)S2)[nH]1. The van der Waals surface area contributed by atoms with Gasteiger partial charge in [-0.25, -0.2) is 4.98 Å². The lowest BCUT2D eigenvalue weighted by molar-refractivity contribution is 0.548. The van der Waals surface area contributed by atoms with Crippen molar-refractivity contribution in [3.8, 4) is 0 Å². The number of rotatable bonds is 5. The van der Waals surface area contributed by atoms with E-state index < -0.39 is 0 Å². The average molecular weight is 300 g/mol. The van der Waals surface area contributed by atoms with Crippen LogP contribution in [0.5, 0.6) is 0 Å². The summed E-state index contributed by atoms with van der Waals surface area (Å²) in [6.07, 6.45) is 1.98. The van der Waals surface area contributed by atoms with E-state index in [9.17, 15) is 0 Å². The van der Waals surface area contributed by atoms with Crippen LogP contribution >= 0.6 is 23.5 Å². The Morgan fingerprint density at radius 2 is 2.21 bits per heavy atom. The van der Waals surface area contributed by atoms with E-state index in [1.54, 1.807) is 0 Å². The Labute approximate surface area is 125 Å². The van der Waals surface area contributed by atoms with Crippen molar-refractivity contribution < 1.29 is 0 Å². The number of H-pyrrole nitrogens is 1. The second-order valence-corrected chi connectivity index (χ2v) is 8.68. The first-order chi connectivity index (χ1) is 9.06. The molecular formula is C14H25N3S2. The number of aromatic amines is 1. The number of imidazole rings is 1. The topological polar surface area (TPSA) is 40.7 Å². The van der Waals surface area contributed by atoms with Gasteiger partial charge in [-0.3, -0.25) is 0 Å². The molecule has 19 heavy (non-hydrogen) atoms. The van der Waals surface area contributed by atoms with Crippen molar-refractivity contribution in [2.75, 3.05) is 12.3 Å². The van der Waals surface area contributed by atoms with E-state index in [0.717, 1.165) is 24.2 Å².